The molecule has 0 aromatic heterocycles. The lowest BCUT2D eigenvalue weighted by atomic mass is 10.1. The highest BCUT2D eigenvalue weighted by atomic mass is 32.2. The fourth-order valence-corrected chi connectivity index (χ4v) is 4.20. The lowest BCUT2D eigenvalue weighted by molar-refractivity contribution is -0.113. The van der Waals surface area contributed by atoms with Crippen LogP contribution in [0.3, 0.4) is 0 Å². The average molecular weight is 296 g/mol. The molecule has 1 amide bonds. The van der Waals surface area contributed by atoms with Crippen molar-refractivity contribution in [3.8, 4) is 0 Å². The van der Waals surface area contributed by atoms with Gasteiger partial charge in [-0.3, -0.25) is 4.79 Å². The highest BCUT2D eigenvalue weighted by Gasteiger charge is 2.24. The highest BCUT2D eigenvalue weighted by Crippen LogP contribution is 2.26. The lowest BCUT2D eigenvalue weighted by Gasteiger charge is -2.10. The summed E-state index contributed by atoms with van der Waals surface area (Å²) in [5, 5.41) is 2.58. The molecule has 2 rings (SSSR count). The first kappa shape index (κ1) is 14.8. The number of amides is 1. The van der Waals surface area contributed by atoms with Crippen LogP contribution in [0.15, 0.2) is 24.3 Å². The summed E-state index contributed by atoms with van der Waals surface area (Å²) in [5.41, 5.74) is 6.69. The number of anilines is 2. The van der Waals surface area contributed by atoms with Crippen LogP contribution < -0.4 is 11.1 Å². The van der Waals surface area contributed by atoms with E-state index in [1.165, 1.54) is 0 Å². The minimum Gasteiger partial charge on any atom is -0.399 e. The standard InChI is InChI=1S/C14H20N2O3S/c15-12-5-7-13(8-6-12)16-14(17)10-20(18,19)9-11-3-1-2-4-11/h5-8,11H,1-4,9-10,15H2,(H,16,17). The molecule has 1 saturated carbocycles. The van der Waals surface area contributed by atoms with Gasteiger partial charge in [0.05, 0.1) is 5.75 Å². The SMILES string of the molecule is Nc1ccc(NC(=O)CS(=O)(=O)CC2CCCC2)cc1. The fraction of sp³-hybridized carbons (Fsp3) is 0.500. The molecule has 0 bridgehead atoms. The predicted octanol–water partition coefficient (Wildman–Crippen LogP) is 1.81. The van der Waals surface area contributed by atoms with Gasteiger partial charge in [0.1, 0.15) is 5.75 Å². The van der Waals surface area contributed by atoms with Gasteiger partial charge in [0, 0.05) is 11.4 Å². The van der Waals surface area contributed by atoms with Crippen molar-refractivity contribution in [3.05, 3.63) is 24.3 Å². The van der Waals surface area contributed by atoms with E-state index in [0.29, 0.717) is 11.4 Å². The summed E-state index contributed by atoms with van der Waals surface area (Å²) < 4.78 is 23.9. The van der Waals surface area contributed by atoms with Crippen molar-refractivity contribution in [1.82, 2.24) is 0 Å². The molecule has 110 valence electrons. The summed E-state index contributed by atoms with van der Waals surface area (Å²) in [7, 11) is -3.33. The first-order valence-electron chi connectivity index (χ1n) is 6.80. The van der Waals surface area contributed by atoms with Crippen molar-refractivity contribution in [2.75, 3.05) is 22.6 Å². The Hall–Kier alpha value is -1.56. The van der Waals surface area contributed by atoms with E-state index in [-0.39, 0.29) is 11.7 Å². The molecule has 1 aliphatic rings. The van der Waals surface area contributed by atoms with Gasteiger partial charge >= 0.3 is 0 Å². The molecule has 1 aromatic carbocycles. The minimum atomic E-state index is -3.33. The van der Waals surface area contributed by atoms with Crippen molar-refractivity contribution in [2.45, 2.75) is 25.7 Å². The molecule has 0 heterocycles. The van der Waals surface area contributed by atoms with Gasteiger partial charge in [-0.25, -0.2) is 8.42 Å². The number of carbonyl (C=O) groups excluding carboxylic acids is 1. The zero-order valence-electron chi connectivity index (χ0n) is 11.3. The Labute approximate surface area is 119 Å². The van der Waals surface area contributed by atoms with Crippen LogP contribution in [0.4, 0.5) is 11.4 Å². The monoisotopic (exact) mass is 296 g/mol. The third-order valence-electron chi connectivity index (χ3n) is 3.51. The number of benzene rings is 1. The van der Waals surface area contributed by atoms with Gasteiger partial charge in [-0.1, -0.05) is 12.8 Å². The van der Waals surface area contributed by atoms with Gasteiger partial charge in [0.2, 0.25) is 5.91 Å². The summed E-state index contributed by atoms with van der Waals surface area (Å²) in [6.45, 7) is 0. The number of sulfone groups is 1. The maximum Gasteiger partial charge on any atom is 0.239 e. The molecule has 3 N–H and O–H groups in total. The Morgan fingerprint density at radius 1 is 1.20 bits per heavy atom. The molecule has 0 radical (unpaired) electrons. The van der Waals surface area contributed by atoms with Crippen LogP contribution in [0.2, 0.25) is 0 Å². The summed E-state index contributed by atoms with van der Waals surface area (Å²) in [6.07, 6.45) is 4.10. The average Bonchev–Trinajstić information content (AvgIpc) is 2.83. The molecule has 6 heteroatoms. The molecular formula is C14H20N2O3S. The van der Waals surface area contributed by atoms with Crippen LogP contribution in [0.25, 0.3) is 0 Å². The van der Waals surface area contributed by atoms with E-state index < -0.39 is 21.5 Å². The maximum absolute atomic E-state index is 12.0. The number of nitrogen functional groups attached to an aromatic ring is 1. The van der Waals surface area contributed by atoms with Crippen LogP contribution in [0, 0.1) is 5.92 Å². The van der Waals surface area contributed by atoms with Crippen molar-refractivity contribution >= 4 is 27.1 Å². The Balaban J connectivity index is 1.88. The molecule has 1 aromatic rings. The maximum atomic E-state index is 12.0. The Morgan fingerprint density at radius 3 is 2.40 bits per heavy atom. The third-order valence-corrected chi connectivity index (χ3v) is 5.19. The van der Waals surface area contributed by atoms with E-state index in [9.17, 15) is 13.2 Å². The molecule has 5 nitrogen and oxygen atoms in total. The van der Waals surface area contributed by atoms with Gasteiger partial charge in [-0.15, -0.1) is 0 Å². The number of nitrogens with one attached hydrogen (secondary N) is 1. The van der Waals surface area contributed by atoms with E-state index >= 15 is 0 Å². The molecule has 0 spiro atoms. The largest absolute Gasteiger partial charge is 0.399 e. The van der Waals surface area contributed by atoms with Gasteiger partial charge in [-0.05, 0) is 43.0 Å². The number of carbonyl (C=O) groups is 1. The summed E-state index contributed by atoms with van der Waals surface area (Å²) >= 11 is 0. The quantitative estimate of drug-likeness (QED) is 0.811. The summed E-state index contributed by atoms with van der Waals surface area (Å²) in [6, 6.07) is 6.61. The molecule has 0 aliphatic heterocycles. The van der Waals surface area contributed by atoms with Crippen molar-refractivity contribution in [1.29, 1.82) is 0 Å². The lowest BCUT2D eigenvalue weighted by Crippen LogP contribution is -2.26. The molecular weight excluding hydrogens is 276 g/mol. The van der Waals surface area contributed by atoms with E-state index in [1.54, 1.807) is 24.3 Å². The number of hydrogen-bond donors (Lipinski definition) is 2. The van der Waals surface area contributed by atoms with Gasteiger partial charge in [0.25, 0.3) is 0 Å². The van der Waals surface area contributed by atoms with Crippen LogP contribution in [-0.4, -0.2) is 25.8 Å². The fourth-order valence-electron chi connectivity index (χ4n) is 2.56. The number of rotatable bonds is 5. The first-order valence-corrected chi connectivity index (χ1v) is 8.62. The van der Waals surface area contributed by atoms with Crippen molar-refractivity contribution in [3.63, 3.8) is 0 Å². The van der Waals surface area contributed by atoms with Crippen LogP contribution >= 0.6 is 0 Å². The summed E-state index contributed by atoms with van der Waals surface area (Å²) in [4.78, 5) is 11.8. The second-order valence-corrected chi connectivity index (χ2v) is 7.48. The zero-order valence-corrected chi connectivity index (χ0v) is 12.2. The van der Waals surface area contributed by atoms with Crippen LogP contribution in [0.1, 0.15) is 25.7 Å². The topological polar surface area (TPSA) is 89.3 Å². The summed E-state index contributed by atoms with van der Waals surface area (Å²) in [5.74, 6) is -0.590. The van der Waals surface area contributed by atoms with Gasteiger partial charge in [0.15, 0.2) is 9.84 Å². The first-order chi connectivity index (χ1) is 9.44. The van der Waals surface area contributed by atoms with Gasteiger partial charge in [-0.2, -0.15) is 0 Å². The molecule has 1 fully saturated rings. The number of hydrogen-bond acceptors (Lipinski definition) is 4. The molecule has 1 aliphatic carbocycles. The van der Waals surface area contributed by atoms with E-state index in [0.717, 1.165) is 25.7 Å². The Kier molecular flexibility index (Phi) is 4.65. The van der Waals surface area contributed by atoms with Gasteiger partial charge < -0.3 is 11.1 Å². The Morgan fingerprint density at radius 2 is 1.80 bits per heavy atom. The van der Waals surface area contributed by atoms with E-state index in [4.69, 9.17) is 5.73 Å². The van der Waals surface area contributed by atoms with Crippen molar-refractivity contribution < 1.29 is 13.2 Å². The molecule has 0 saturated heterocycles. The normalized spacial score (nSPS) is 16.2. The molecule has 20 heavy (non-hydrogen) atoms. The predicted molar refractivity (Wildman–Crippen MR) is 80.1 cm³/mol. The molecule has 0 atom stereocenters. The van der Waals surface area contributed by atoms with Crippen LogP contribution in [-0.2, 0) is 14.6 Å². The number of nitrogens with two attached hydrogens (primary N) is 1. The second-order valence-electron chi connectivity index (χ2n) is 5.38. The van der Waals surface area contributed by atoms with E-state index in [2.05, 4.69) is 5.32 Å². The second kappa shape index (κ2) is 6.26. The van der Waals surface area contributed by atoms with Crippen LogP contribution in [0.5, 0.6) is 0 Å². The van der Waals surface area contributed by atoms with E-state index in [1.807, 2.05) is 0 Å². The molecule has 0 unspecified atom stereocenters. The zero-order chi connectivity index (χ0) is 14.6. The third kappa shape index (κ3) is 4.52. The highest BCUT2D eigenvalue weighted by molar-refractivity contribution is 7.92. The minimum absolute atomic E-state index is 0.127. The smallest absolute Gasteiger partial charge is 0.239 e. The van der Waals surface area contributed by atoms with Crippen molar-refractivity contribution in [2.24, 2.45) is 5.92 Å². The Bertz CT molecular complexity index is 561.